The molecule has 0 aromatic heterocycles. The second-order valence-corrected chi connectivity index (χ2v) is 26.1. The predicted octanol–water partition coefficient (Wildman–Crippen LogP) is 9.83. The van der Waals surface area contributed by atoms with E-state index in [1.165, 1.54) is 205 Å². The highest BCUT2D eigenvalue weighted by Gasteiger charge is 2.53. The zero-order valence-electron chi connectivity index (χ0n) is 55.4. The van der Waals surface area contributed by atoms with Gasteiger partial charge in [-0.15, -0.1) is 0 Å². The van der Waals surface area contributed by atoms with Crippen LogP contribution < -0.4 is 5.32 Å². The lowest BCUT2D eigenvalue weighted by atomic mass is 9.96. The number of allylic oxidation sites excluding steroid dienone is 4. The van der Waals surface area contributed by atoms with E-state index in [9.17, 15) is 61.0 Å². The Morgan fingerprint density at radius 2 is 0.742 bits per heavy atom. The average molecular weight is 1270 g/mol. The molecule has 1 amide bonds. The number of carbonyl (C=O) groups is 1. The lowest BCUT2D eigenvalue weighted by molar-refractivity contribution is -0.379. The third-order valence-corrected chi connectivity index (χ3v) is 18.3. The maximum Gasteiger partial charge on any atom is 0.220 e. The highest BCUT2D eigenvalue weighted by Crippen LogP contribution is 2.33. The van der Waals surface area contributed by atoms with Gasteiger partial charge in [0, 0.05) is 6.42 Å². The summed E-state index contributed by atoms with van der Waals surface area (Å²) in [6.07, 6.45) is 34.6. The Kier molecular flexibility index (Phi) is 48.1. The quantitative estimate of drug-likeness (QED) is 0.0199. The van der Waals surface area contributed by atoms with Gasteiger partial charge in [0.05, 0.1) is 38.6 Å². The lowest BCUT2D eigenvalue weighted by Gasteiger charge is -2.48. The van der Waals surface area contributed by atoms with Gasteiger partial charge >= 0.3 is 0 Å². The topological polar surface area (TPSA) is 307 Å². The maximum absolute atomic E-state index is 13.2. The first kappa shape index (κ1) is 81.5. The SMILES string of the molecule is CCCCCCC/C=C\C/C=C\CCCCCCCCCCCCCCCCCCCCCCCCCCCCCCCC(=O)NC(COC1OC(CO)C(OC2OC(CO)C(OC3OC(CO)C(O)C(O)C3O)C(O)C2O)C(O)C1O)C(O)CCCCC. The number of aliphatic hydroxyl groups excluding tert-OH is 11. The van der Waals surface area contributed by atoms with Crippen LogP contribution in [0.5, 0.6) is 0 Å². The minimum atomic E-state index is -1.97. The summed E-state index contributed by atoms with van der Waals surface area (Å²) in [7, 11) is 0. The molecule has 3 fully saturated rings. The second kappa shape index (κ2) is 52.5. The highest BCUT2D eigenvalue weighted by molar-refractivity contribution is 5.76. The molecule has 0 aliphatic carbocycles. The van der Waals surface area contributed by atoms with Crippen molar-refractivity contribution in [1.29, 1.82) is 0 Å². The van der Waals surface area contributed by atoms with Gasteiger partial charge in [0.2, 0.25) is 5.91 Å². The predicted molar refractivity (Wildman–Crippen MR) is 346 cm³/mol. The molecule has 0 aromatic rings. The van der Waals surface area contributed by atoms with Gasteiger partial charge in [-0.3, -0.25) is 4.79 Å². The molecule has 12 N–H and O–H groups in total. The molecule has 0 bridgehead atoms. The molecule has 0 saturated carbocycles. The van der Waals surface area contributed by atoms with Gasteiger partial charge in [-0.1, -0.05) is 256 Å². The summed E-state index contributed by atoms with van der Waals surface area (Å²) in [5, 5.41) is 119. The number of amides is 1. The van der Waals surface area contributed by atoms with Gasteiger partial charge in [0.15, 0.2) is 18.9 Å². The molecule has 3 aliphatic heterocycles. The Morgan fingerprint density at radius 3 is 1.15 bits per heavy atom. The first-order valence-corrected chi connectivity index (χ1v) is 36.1. The molecule has 0 aromatic carbocycles. The monoisotopic (exact) mass is 1270 g/mol. The fourth-order valence-corrected chi connectivity index (χ4v) is 12.4. The van der Waals surface area contributed by atoms with E-state index < -0.39 is 124 Å². The molecule has 17 unspecified atom stereocenters. The third-order valence-electron chi connectivity index (χ3n) is 18.3. The van der Waals surface area contributed by atoms with Crippen LogP contribution in [0.2, 0.25) is 0 Å². The van der Waals surface area contributed by atoms with Gasteiger partial charge in [-0.05, 0) is 44.9 Å². The first-order chi connectivity index (χ1) is 43.3. The van der Waals surface area contributed by atoms with Crippen molar-refractivity contribution in [3.05, 3.63) is 24.3 Å². The van der Waals surface area contributed by atoms with Crippen LogP contribution in [0.25, 0.3) is 0 Å². The first-order valence-electron chi connectivity index (χ1n) is 36.1. The number of ether oxygens (including phenoxy) is 6. The Balaban J connectivity index is 1.16. The lowest BCUT2D eigenvalue weighted by Crippen LogP contribution is -2.66. The van der Waals surface area contributed by atoms with Crippen LogP contribution in [0.1, 0.15) is 284 Å². The van der Waals surface area contributed by atoms with E-state index in [0.29, 0.717) is 19.3 Å². The normalized spacial score (nSPS) is 28.3. The van der Waals surface area contributed by atoms with E-state index >= 15 is 0 Å². The number of aliphatic hydroxyl groups is 11. The fraction of sp³-hybridized carbons (Fsp3) is 0.929. The van der Waals surface area contributed by atoms with Crippen LogP contribution in [-0.4, -0.2) is 193 Å². The van der Waals surface area contributed by atoms with Crippen molar-refractivity contribution in [2.24, 2.45) is 0 Å². The Bertz CT molecular complexity index is 1710. The summed E-state index contributed by atoms with van der Waals surface area (Å²) < 4.78 is 34.1. The standard InChI is InChI=1S/C70H131NO18/c1-3-5-7-8-9-10-11-12-13-14-15-16-17-18-19-20-21-22-23-24-25-26-27-28-29-30-31-32-33-34-35-36-37-38-39-40-41-42-43-44-46-48-58(76)71-53(54(75)47-45-6-4-2)52-84-68-64(82)61(79)66(56(50-73)86-68)89-70-65(83)62(80)67(57(51-74)87-70)88-69-63(81)60(78)59(77)55(49-72)85-69/h11-12,14-15,53-57,59-70,72-75,77-83H,3-10,13,16-52H2,1-2H3,(H,71,76)/b12-11-,15-14-. The molecule has 89 heavy (non-hydrogen) atoms. The smallest absolute Gasteiger partial charge is 0.220 e. The molecule has 19 heteroatoms. The van der Waals surface area contributed by atoms with Gasteiger partial charge in [-0.2, -0.15) is 0 Å². The van der Waals surface area contributed by atoms with Crippen LogP contribution in [-0.2, 0) is 33.2 Å². The fourth-order valence-electron chi connectivity index (χ4n) is 12.4. The summed E-state index contributed by atoms with van der Waals surface area (Å²) in [6.45, 7) is 1.61. The third kappa shape index (κ3) is 34.5. The molecule has 3 aliphatic rings. The van der Waals surface area contributed by atoms with Crippen molar-refractivity contribution in [1.82, 2.24) is 5.32 Å². The molecule has 19 nitrogen and oxygen atoms in total. The summed E-state index contributed by atoms with van der Waals surface area (Å²) in [5.41, 5.74) is 0. The summed E-state index contributed by atoms with van der Waals surface area (Å²) in [6, 6.07) is -0.879. The molecule has 3 rings (SSSR count). The van der Waals surface area contributed by atoms with E-state index in [4.69, 9.17) is 28.4 Å². The van der Waals surface area contributed by atoms with Crippen LogP contribution in [0, 0.1) is 0 Å². The Morgan fingerprint density at radius 1 is 0.404 bits per heavy atom. The Hall–Kier alpha value is -1.73. The van der Waals surface area contributed by atoms with Gasteiger partial charge in [0.25, 0.3) is 0 Å². The van der Waals surface area contributed by atoms with E-state index in [0.717, 1.165) is 38.5 Å². The van der Waals surface area contributed by atoms with Gasteiger partial charge < -0.3 is 89.9 Å². The summed E-state index contributed by atoms with van der Waals surface area (Å²) in [5.74, 6) is -0.250. The number of carbonyl (C=O) groups excluding carboxylic acids is 1. The Labute approximate surface area is 537 Å². The van der Waals surface area contributed by atoms with Crippen molar-refractivity contribution in [3.8, 4) is 0 Å². The average Bonchev–Trinajstić information content (AvgIpc) is 1.74. The second-order valence-electron chi connectivity index (χ2n) is 26.1. The molecular weight excluding hydrogens is 1140 g/mol. The van der Waals surface area contributed by atoms with Crippen LogP contribution in [0.4, 0.5) is 0 Å². The number of rotatable bonds is 56. The number of hydrogen-bond donors (Lipinski definition) is 12. The zero-order valence-corrected chi connectivity index (χ0v) is 55.4. The molecule has 17 atom stereocenters. The van der Waals surface area contributed by atoms with Crippen molar-refractivity contribution >= 4 is 5.91 Å². The van der Waals surface area contributed by atoms with Crippen molar-refractivity contribution in [2.45, 2.75) is 388 Å². The van der Waals surface area contributed by atoms with E-state index in [1.54, 1.807) is 0 Å². The summed E-state index contributed by atoms with van der Waals surface area (Å²) in [4.78, 5) is 13.2. The summed E-state index contributed by atoms with van der Waals surface area (Å²) >= 11 is 0. The van der Waals surface area contributed by atoms with E-state index in [2.05, 4.69) is 36.5 Å². The molecule has 0 radical (unpaired) electrons. The maximum atomic E-state index is 13.2. The zero-order chi connectivity index (χ0) is 64.7. The largest absolute Gasteiger partial charge is 0.394 e. The van der Waals surface area contributed by atoms with Crippen LogP contribution >= 0.6 is 0 Å². The minimum absolute atomic E-state index is 0.250. The van der Waals surface area contributed by atoms with Crippen molar-refractivity contribution < 1.29 is 89.4 Å². The van der Waals surface area contributed by atoms with Crippen molar-refractivity contribution in [2.75, 3.05) is 26.4 Å². The number of nitrogens with one attached hydrogen (secondary N) is 1. The number of hydrogen-bond acceptors (Lipinski definition) is 18. The molecule has 524 valence electrons. The van der Waals surface area contributed by atoms with Crippen LogP contribution in [0.15, 0.2) is 24.3 Å². The molecule has 3 heterocycles. The van der Waals surface area contributed by atoms with Crippen LogP contribution in [0.3, 0.4) is 0 Å². The molecule has 0 spiro atoms. The minimum Gasteiger partial charge on any atom is -0.394 e. The molecular formula is C70H131NO18. The van der Waals surface area contributed by atoms with E-state index in [-0.39, 0.29) is 18.9 Å². The van der Waals surface area contributed by atoms with Crippen molar-refractivity contribution in [3.63, 3.8) is 0 Å². The van der Waals surface area contributed by atoms with E-state index in [1.807, 2.05) is 6.92 Å². The number of unbranched alkanes of at least 4 members (excludes halogenated alkanes) is 36. The highest BCUT2D eigenvalue weighted by atomic mass is 16.8. The van der Waals surface area contributed by atoms with Gasteiger partial charge in [-0.25, -0.2) is 0 Å². The molecule has 3 saturated heterocycles. The van der Waals surface area contributed by atoms with Gasteiger partial charge in [0.1, 0.15) is 73.2 Å².